The van der Waals surface area contributed by atoms with Crippen molar-refractivity contribution >= 4 is 22.9 Å². The second kappa shape index (κ2) is 3.85. The molecule has 1 saturated heterocycles. The highest BCUT2D eigenvalue weighted by molar-refractivity contribution is 14.1. The standard InChI is InChI=1S/C6H14IN3/c1-5-2-3-10(7)6(4-8)9-5/h5-6,9H,2-4,8H2,1H3. The van der Waals surface area contributed by atoms with E-state index < -0.39 is 0 Å². The summed E-state index contributed by atoms with van der Waals surface area (Å²) in [5.41, 5.74) is 5.55. The molecule has 0 aromatic heterocycles. The summed E-state index contributed by atoms with van der Waals surface area (Å²) in [4.78, 5) is 0. The molecule has 0 bridgehead atoms. The molecule has 10 heavy (non-hydrogen) atoms. The van der Waals surface area contributed by atoms with Crippen molar-refractivity contribution in [2.24, 2.45) is 5.73 Å². The highest BCUT2D eigenvalue weighted by atomic mass is 127. The van der Waals surface area contributed by atoms with Crippen molar-refractivity contribution in [2.75, 3.05) is 13.1 Å². The molecule has 1 fully saturated rings. The van der Waals surface area contributed by atoms with Gasteiger partial charge < -0.3 is 5.73 Å². The molecular weight excluding hydrogens is 241 g/mol. The maximum atomic E-state index is 5.55. The van der Waals surface area contributed by atoms with Crippen LogP contribution in [0.4, 0.5) is 0 Å². The Morgan fingerprint density at radius 1 is 1.80 bits per heavy atom. The fourth-order valence-electron chi connectivity index (χ4n) is 1.15. The van der Waals surface area contributed by atoms with Crippen LogP contribution >= 0.6 is 22.9 Å². The summed E-state index contributed by atoms with van der Waals surface area (Å²) in [5.74, 6) is 0. The van der Waals surface area contributed by atoms with E-state index in [1.54, 1.807) is 0 Å². The lowest BCUT2D eigenvalue weighted by Gasteiger charge is -2.34. The van der Waals surface area contributed by atoms with E-state index in [0.29, 0.717) is 18.8 Å². The van der Waals surface area contributed by atoms with Crippen molar-refractivity contribution in [1.82, 2.24) is 8.43 Å². The Kier molecular flexibility index (Phi) is 3.35. The Labute approximate surface area is 75.8 Å². The SMILES string of the molecule is CC1CCN(I)C(CN)N1. The van der Waals surface area contributed by atoms with Crippen molar-refractivity contribution in [3.05, 3.63) is 0 Å². The molecule has 2 unspecified atom stereocenters. The maximum absolute atomic E-state index is 5.55. The zero-order chi connectivity index (χ0) is 7.56. The number of nitrogens with one attached hydrogen (secondary N) is 1. The first-order chi connectivity index (χ1) is 4.74. The third-order valence-electron chi connectivity index (χ3n) is 1.81. The predicted molar refractivity (Wildman–Crippen MR) is 50.8 cm³/mol. The van der Waals surface area contributed by atoms with Gasteiger partial charge in [-0.3, -0.25) is 5.32 Å². The average molecular weight is 255 g/mol. The van der Waals surface area contributed by atoms with E-state index in [-0.39, 0.29) is 0 Å². The predicted octanol–water partition coefficient (Wildman–Crippen LogP) is 0.305. The molecule has 2 atom stereocenters. The van der Waals surface area contributed by atoms with Crippen LogP contribution in [0.1, 0.15) is 13.3 Å². The second-order valence-electron chi connectivity index (χ2n) is 2.73. The van der Waals surface area contributed by atoms with E-state index in [0.717, 1.165) is 6.54 Å². The van der Waals surface area contributed by atoms with Crippen LogP contribution in [0.2, 0.25) is 0 Å². The lowest BCUT2D eigenvalue weighted by molar-refractivity contribution is 0.236. The summed E-state index contributed by atoms with van der Waals surface area (Å²) in [6.45, 7) is 4.05. The Bertz CT molecular complexity index is 109. The van der Waals surface area contributed by atoms with Crippen LogP contribution in [0, 0.1) is 0 Å². The molecule has 0 amide bonds. The molecule has 3 nitrogen and oxygen atoms in total. The number of rotatable bonds is 1. The monoisotopic (exact) mass is 255 g/mol. The van der Waals surface area contributed by atoms with Gasteiger partial charge in [0.2, 0.25) is 0 Å². The molecule has 1 rings (SSSR count). The van der Waals surface area contributed by atoms with E-state index in [1.807, 2.05) is 0 Å². The fraction of sp³-hybridized carbons (Fsp3) is 1.00. The molecule has 0 aromatic rings. The molecular formula is C6H14IN3. The van der Waals surface area contributed by atoms with E-state index in [4.69, 9.17) is 5.73 Å². The van der Waals surface area contributed by atoms with Crippen molar-refractivity contribution < 1.29 is 0 Å². The number of halogens is 1. The fourth-order valence-corrected chi connectivity index (χ4v) is 1.81. The quantitative estimate of drug-likeness (QED) is 0.523. The average Bonchev–Trinajstić information content (AvgIpc) is 1.94. The zero-order valence-electron chi connectivity index (χ0n) is 6.18. The van der Waals surface area contributed by atoms with Crippen LogP contribution < -0.4 is 11.1 Å². The van der Waals surface area contributed by atoms with Crippen LogP contribution in [0.25, 0.3) is 0 Å². The first-order valence-corrected chi connectivity index (χ1v) is 4.59. The minimum absolute atomic E-state index is 0.379. The molecule has 0 aromatic carbocycles. The summed E-state index contributed by atoms with van der Waals surface area (Å²) in [6, 6.07) is 0.625. The summed E-state index contributed by atoms with van der Waals surface area (Å²) < 4.78 is 2.23. The Balaban J connectivity index is 2.38. The minimum Gasteiger partial charge on any atom is -0.328 e. The molecule has 0 spiro atoms. The van der Waals surface area contributed by atoms with E-state index in [2.05, 4.69) is 38.2 Å². The summed E-state index contributed by atoms with van der Waals surface area (Å²) >= 11 is 2.32. The molecule has 0 saturated carbocycles. The number of hydrogen-bond donors (Lipinski definition) is 2. The van der Waals surface area contributed by atoms with E-state index >= 15 is 0 Å². The zero-order valence-corrected chi connectivity index (χ0v) is 8.34. The van der Waals surface area contributed by atoms with Gasteiger partial charge in [0.25, 0.3) is 0 Å². The first-order valence-electron chi connectivity index (χ1n) is 3.62. The van der Waals surface area contributed by atoms with Crippen molar-refractivity contribution in [1.29, 1.82) is 0 Å². The van der Waals surface area contributed by atoms with Gasteiger partial charge in [-0.2, -0.15) is 0 Å². The summed E-state index contributed by atoms with van der Waals surface area (Å²) in [5, 5.41) is 3.41. The van der Waals surface area contributed by atoms with Crippen molar-refractivity contribution in [2.45, 2.75) is 25.6 Å². The van der Waals surface area contributed by atoms with Gasteiger partial charge in [-0.05, 0) is 13.3 Å². The summed E-state index contributed by atoms with van der Waals surface area (Å²) in [6.07, 6.45) is 1.60. The first kappa shape index (κ1) is 8.70. The smallest absolute Gasteiger partial charge is 0.0814 e. The molecule has 4 heteroatoms. The van der Waals surface area contributed by atoms with Gasteiger partial charge in [-0.15, -0.1) is 0 Å². The molecule has 3 N–H and O–H groups in total. The third-order valence-corrected chi connectivity index (χ3v) is 2.97. The van der Waals surface area contributed by atoms with Crippen molar-refractivity contribution in [3.8, 4) is 0 Å². The number of hydrogen-bond acceptors (Lipinski definition) is 3. The van der Waals surface area contributed by atoms with E-state index in [9.17, 15) is 0 Å². The topological polar surface area (TPSA) is 41.3 Å². The molecule has 60 valence electrons. The van der Waals surface area contributed by atoms with Crippen LogP contribution in [0.5, 0.6) is 0 Å². The molecule has 0 radical (unpaired) electrons. The molecule has 1 heterocycles. The van der Waals surface area contributed by atoms with Crippen LogP contribution in [-0.4, -0.2) is 28.4 Å². The van der Waals surface area contributed by atoms with Gasteiger partial charge >= 0.3 is 0 Å². The third kappa shape index (κ3) is 2.05. The Hall–Kier alpha value is 0.610. The van der Waals surface area contributed by atoms with Gasteiger partial charge in [-0.25, -0.2) is 3.11 Å². The lowest BCUT2D eigenvalue weighted by Crippen LogP contribution is -2.54. The normalized spacial score (nSPS) is 36.3. The Morgan fingerprint density at radius 2 is 2.50 bits per heavy atom. The molecule has 1 aliphatic rings. The minimum atomic E-state index is 0.379. The van der Waals surface area contributed by atoms with Gasteiger partial charge in [0.05, 0.1) is 6.17 Å². The summed E-state index contributed by atoms with van der Waals surface area (Å²) in [7, 11) is 0. The highest BCUT2D eigenvalue weighted by Crippen LogP contribution is 2.12. The molecule has 1 aliphatic heterocycles. The second-order valence-corrected chi connectivity index (χ2v) is 3.97. The number of nitrogens with two attached hydrogens (primary N) is 1. The number of nitrogens with zero attached hydrogens (tertiary/aromatic N) is 1. The van der Waals surface area contributed by atoms with Gasteiger partial charge in [0.1, 0.15) is 0 Å². The van der Waals surface area contributed by atoms with Crippen LogP contribution in [0.3, 0.4) is 0 Å². The van der Waals surface area contributed by atoms with E-state index in [1.165, 1.54) is 6.42 Å². The maximum Gasteiger partial charge on any atom is 0.0814 e. The van der Waals surface area contributed by atoms with Crippen LogP contribution in [-0.2, 0) is 0 Å². The van der Waals surface area contributed by atoms with Crippen LogP contribution in [0.15, 0.2) is 0 Å². The lowest BCUT2D eigenvalue weighted by atomic mass is 10.2. The Morgan fingerprint density at radius 3 is 3.00 bits per heavy atom. The highest BCUT2D eigenvalue weighted by Gasteiger charge is 2.21. The van der Waals surface area contributed by atoms with Crippen molar-refractivity contribution in [3.63, 3.8) is 0 Å². The van der Waals surface area contributed by atoms with Gasteiger partial charge in [0, 0.05) is 42.0 Å². The largest absolute Gasteiger partial charge is 0.328 e. The molecule has 0 aliphatic carbocycles. The van der Waals surface area contributed by atoms with Gasteiger partial charge in [-0.1, -0.05) is 0 Å². The van der Waals surface area contributed by atoms with Gasteiger partial charge in [0.15, 0.2) is 0 Å².